The Balaban J connectivity index is 2.34. The predicted octanol–water partition coefficient (Wildman–Crippen LogP) is 2.79. The van der Waals surface area contributed by atoms with Gasteiger partial charge in [-0.25, -0.2) is 8.78 Å². The van der Waals surface area contributed by atoms with Gasteiger partial charge in [0.25, 0.3) is 0 Å². The molecule has 5 heteroatoms. The summed E-state index contributed by atoms with van der Waals surface area (Å²) in [5.41, 5.74) is 0.496. The first-order valence-electron chi connectivity index (χ1n) is 5.81. The van der Waals surface area contributed by atoms with Gasteiger partial charge in [-0.1, -0.05) is 6.07 Å². The largest absolute Gasteiger partial charge is 0.318 e. The van der Waals surface area contributed by atoms with E-state index in [1.54, 1.807) is 19.2 Å². The quantitative estimate of drug-likeness (QED) is 0.635. The summed E-state index contributed by atoms with van der Waals surface area (Å²) in [7, 11) is 1.57. The lowest BCUT2D eigenvalue weighted by molar-refractivity contribution is -0.107. The van der Waals surface area contributed by atoms with Crippen LogP contribution in [-0.2, 0) is 4.79 Å². The lowest BCUT2D eigenvalue weighted by Crippen LogP contribution is -2.13. The lowest BCUT2D eigenvalue weighted by atomic mass is 10.0. The fraction of sp³-hybridized carbons (Fsp3) is 0.0667. The van der Waals surface area contributed by atoms with Gasteiger partial charge < -0.3 is 4.90 Å². The molecule has 0 unspecified atom stereocenters. The Morgan fingerprint density at radius 1 is 1.10 bits per heavy atom. The van der Waals surface area contributed by atoms with E-state index in [0.29, 0.717) is 12.1 Å². The summed E-state index contributed by atoms with van der Waals surface area (Å²) in [4.78, 5) is 24.0. The third-order valence-corrected chi connectivity index (χ3v) is 2.89. The SMILES string of the molecule is CN(C=O)c1ccc(C(=O)c2cccc(F)c2F)cc1. The molecule has 0 aliphatic carbocycles. The summed E-state index contributed by atoms with van der Waals surface area (Å²) in [6.07, 6.45) is 0.628. The molecular formula is C15H11F2NO2. The van der Waals surface area contributed by atoms with Crippen LogP contribution in [0.2, 0.25) is 0 Å². The van der Waals surface area contributed by atoms with Crippen LogP contribution < -0.4 is 4.90 Å². The maximum atomic E-state index is 13.5. The lowest BCUT2D eigenvalue weighted by Gasteiger charge is -2.11. The van der Waals surface area contributed by atoms with Gasteiger partial charge in [0, 0.05) is 18.3 Å². The van der Waals surface area contributed by atoms with E-state index in [4.69, 9.17) is 0 Å². The molecule has 0 saturated heterocycles. The fourth-order valence-electron chi connectivity index (χ4n) is 1.74. The fourth-order valence-corrected chi connectivity index (χ4v) is 1.74. The molecule has 0 spiro atoms. The molecule has 0 fully saturated rings. The van der Waals surface area contributed by atoms with Gasteiger partial charge in [0.15, 0.2) is 17.4 Å². The minimum absolute atomic E-state index is 0.220. The van der Waals surface area contributed by atoms with Gasteiger partial charge in [0.2, 0.25) is 6.41 Å². The Morgan fingerprint density at radius 3 is 2.35 bits per heavy atom. The highest BCUT2D eigenvalue weighted by atomic mass is 19.2. The number of carbonyl (C=O) groups excluding carboxylic acids is 2. The second-order valence-electron chi connectivity index (χ2n) is 4.19. The van der Waals surface area contributed by atoms with Crippen LogP contribution in [0.5, 0.6) is 0 Å². The molecule has 0 bridgehead atoms. The van der Waals surface area contributed by atoms with Gasteiger partial charge >= 0.3 is 0 Å². The molecule has 0 aliphatic rings. The van der Waals surface area contributed by atoms with Gasteiger partial charge in [0.1, 0.15) is 0 Å². The summed E-state index contributed by atoms with van der Waals surface area (Å²) in [6.45, 7) is 0. The van der Waals surface area contributed by atoms with Crippen molar-refractivity contribution in [2.45, 2.75) is 0 Å². The molecule has 0 heterocycles. The van der Waals surface area contributed by atoms with Crippen LogP contribution in [0.1, 0.15) is 15.9 Å². The predicted molar refractivity (Wildman–Crippen MR) is 70.7 cm³/mol. The summed E-state index contributed by atoms with van der Waals surface area (Å²) in [5.74, 6) is -2.83. The average Bonchev–Trinajstić information content (AvgIpc) is 2.48. The van der Waals surface area contributed by atoms with E-state index in [0.717, 1.165) is 6.07 Å². The zero-order chi connectivity index (χ0) is 14.7. The Kier molecular flexibility index (Phi) is 3.89. The molecule has 0 aliphatic heterocycles. The minimum atomic E-state index is -1.16. The van der Waals surface area contributed by atoms with E-state index in [2.05, 4.69) is 0 Å². The molecule has 102 valence electrons. The number of rotatable bonds is 4. The van der Waals surface area contributed by atoms with Crippen molar-refractivity contribution in [1.29, 1.82) is 0 Å². The summed E-state index contributed by atoms with van der Waals surface area (Å²) in [5, 5.41) is 0. The Hall–Kier alpha value is -2.56. The van der Waals surface area contributed by atoms with Crippen molar-refractivity contribution in [3.05, 3.63) is 65.2 Å². The first kappa shape index (κ1) is 13.9. The smallest absolute Gasteiger partial charge is 0.213 e. The standard InChI is InChI=1S/C15H11F2NO2/c1-18(9-19)11-7-5-10(6-8-11)15(20)12-3-2-4-13(16)14(12)17/h2-9H,1H3. The van der Waals surface area contributed by atoms with E-state index in [9.17, 15) is 18.4 Å². The molecule has 2 aromatic carbocycles. The summed E-state index contributed by atoms with van der Waals surface area (Å²) >= 11 is 0. The third-order valence-electron chi connectivity index (χ3n) is 2.89. The van der Waals surface area contributed by atoms with Gasteiger partial charge in [-0.2, -0.15) is 0 Å². The van der Waals surface area contributed by atoms with Crippen molar-refractivity contribution in [1.82, 2.24) is 0 Å². The Labute approximate surface area is 114 Å². The molecule has 3 nitrogen and oxygen atoms in total. The van der Waals surface area contributed by atoms with Crippen LogP contribution in [0.3, 0.4) is 0 Å². The highest BCUT2D eigenvalue weighted by Crippen LogP contribution is 2.18. The van der Waals surface area contributed by atoms with Gasteiger partial charge in [-0.05, 0) is 36.4 Å². The molecule has 1 amide bonds. The second kappa shape index (κ2) is 5.61. The van der Waals surface area contributed by atoms with Crippen molar-refractivity contribution < 1.29 is 18.4 Å². The number of hydrogen-bond donors (Lipinski definition) is 0. The highest BCUT2D eigenvalue weighted by Gasteiger charge is 2.16. The maximum absolute atomic E-state index is 13.5. The monoisotopic (exact) mass is 275 g/mol. The molecule has 0 N–H and O–H groups in total. The minimum Gasteiger partial charge on any atom is -0.318 e. The molecular weight excluding hydrogens is 264 g/mol. The van der Waals surface area contributed by atoms with Crippen molar-refractivity contribution in [3.63, 3.8) is 0 Å². The second-order valence-corrected chi connectivity index (χ2v) is 4.19. The van der Waals surface area contributed by atoms with Crippen molar-refractivity contribution in [2.75, 3.05) is 11.9 Å². The normalized spacial score (nSPS) is 10.2. The van der Waals surface area contributed by atoms with Crippen LogP contribution in [0.15, 0.2) is 42.5 Å². The number of ketones is 1. The number of carbonyl (C=O) groups is 2. The first-order valence-corrected chi connectivity index (χ1v) is 5.81. The van der Waals surface area contributed by atoms with Gasteiger partial charge in [-0.15, -0.1) is 0 Å². The number of amides is 1. The van der Waals surface area contributed by atoms with Crippen LogP contribution in [0, 0.1) is 11.6 Å². The average molecular weight is 275 g/mol. The van der Waals surface area contributed by atoms with E-state index in [1.165, 1.54) is 29.2 Å². The topological polar surface area (TPSA) is 37.4 Å². The number of hydrogen-bond acceptors (Lipinski definition) is 2. The zero-order valence-electron chi connectivity index (χ0n) is 10.6. The van der Waals surface area contributed by atoms with E-state index >= 15 is 0 Å². The van der Waals surface area contributed by atoms with Crippen molar-refractivity contribution >= 4 is 17.9 Å². The van der Waals surface area contributed by atoms with E-state index in [-0.39, 0.29) is 11.1 Å². The molecule has 0 atom stereocenters. The molecule has 0 radical (unpaired) electrons. The van der Waals surface area contributed by atoms with E-state index < -0.39 is 17.4 Å². The zero-order valence-corrected chi connectivity index (χ0v) is 10.6. The molecule has 2 aromatic rings. The molecule has 0 saturated carbocycles. The first-order chi connectivity index (χ1) is 9.54. The summed E-state index contributed by atoms with van der Waals surface area (Å²) < 4.78 is 26.6. The van der Waals surface area contributed by atoms with Crippen LogP contribution in [0.4, 0.5) is 14.5 Å². The van der Waals surface area contributed by atoms with Gasteiger partial charge in [0.05, 0.1) is 5.56 Å². The number of nitrogens with zero attached hydrogens (tertiary/aromatic N) is 1. The summed E-state index contributed by atoms with van der Waals surface area (Å²) in [6, 6.07) is 9.49. The number of anilines is 1. The van der Waals surface area contributed by atoms with Gasteiger partial charge in [-0.3, -0.25) is 9.59 Å². The molecule has 20 heavy (non-hydrogen) atoms. The van der Waals surface area contributed by atoms with Crippen LogP contribution in [0.25, 0.3) is 0 Å². The third kappa shape index (κ3) is 2.56. The Bertz CT molecular complexity index is 653. The van der Waals surface area contributed by atoms with Crippen molar-refractivity contribution in [3.8, 4) is 0 Å². The molecule has 0 aromatic heterocycles. The maximum Gasteiger partial charge on any atom is 0.213 e. The molecule has 2 rings (SSSR count). The van der Waals surface area contributed by atoms with Crippen LogP contribution in [-0.4, -0.2) is 19.2 Å². The number of benzene rings is 2. The van der Waals surface area contributed by atoms with Crippen LogP contribution >= 0.6 is 0 Å². The van der Waals surface area contributed by atoms with Crippen molar-refractivity contribution in [2.24, 2.45) is 0 Å². The highest BCUT2D eigenvalue weighted by molar-refractivity contribution is 6.09. The number of halogens is 2. The Morgan fingerprint density at radius 2 is 1.75 bits per heavy atom. The van der Waals surface area contributed by atoms with E-state index in [1.807, 2.05) is 0 Å².